The minimum Gasteiger partial charge on any atom is -0.356 e. The fourth-order valence-electron chi connectivity index (χ4n) is 2.54. The van der Waals surface area contributed by atoms with Crippen molar-refractivity contribution in [2.24, 2.45) is 5.92 Å². The van der Waals surface area contributed by atoms with Crippen molar-refractivity contribution in [2.45, 2.75) is 19.8 Å². The first-order valence-corrected chi connectivity index (χ1v) is 8.17. The Balaban J connectivity index is 1.78. The van der Waals surface area contributed by atoms with E-state index >= 15 is 0 Å². The first-order chi connectivity index (χ1) is 10.6. The molecule has 3 rings (SSSR count). The van der Waals surface area contributed by atoms with Crippen molar-refractivity contribution in [1.82, 2.24) is 9.97 Å². The topological polar surface area (TPSA) is 41.1 Å². The van der Waals surface area contributed by atoms with Gasteiger partial charge in [0, 0.05) is 24.3 Å². The molecule has 1 N–H and O–H groups in total. The van der Waals surface area contributed by atoms with Crippen LogP contribution in [0.2, 0.25) is 10.0 Å². The van der Waals surface area contributed by atoms with Gasteiger partial charge in [-0.2, -0.15) is 4.98 Å². The first kappa shape index (κ1) is 15.4. The Morgan fingerprint density at radius 2 is 1.95 bits per heavy atom. The second-order valence-corrected chi connectivity index (χ2v) is 6.50. The summed E-state index contributed by atoms with van der Waals surface area (Å²) in [5.41, 5.74) is 0.707. The molecule has 0 aliphatic carbocycles. The van der Waals surface area contributed by atoms with E-state index in [1.165, 1.54) is 12.8 Å². The normalized spacial score (nSPS) is 15.9. The molecule has 1 saturated heterocycles. The molecule has 1 aromatic heterocycles. The molecule has 0 radical (unpaired) electrons. The molecule has 0 amide bonds. The SMILES string of the molecule is CC1CCN(c2ccnc(Nc3cc(Cl)ccc3Cl)n2)CC1. The third-order valence-corrected chi connectivity index (χ3v) is 4.49. The molecule has 1 aliphatic rings. The predicted octanol–water partition coefficient (Wildman–Crippen LogP) is 4.76. The summed E-state index contributed by atoms with van der Waals surface area (Å²) in [6, 6.07) is 7.21. The Labute approximate surface area is 140 Å². The van der Waals surface area contributed by atoms with Crippen LogP contribution in [0.1, 0.15) is 19.8 Å². The van der Waals surface area contributed by atoms with Crippen LogP contribution in [0.4, 0.5) is 17.5 Å². The molecule has 0 atom stereocenters. The zero-order chi connectivity index (χ0) is 15.5. The Hall–Kier alpha value is -1.52. The van der Waals surface area contributed by atoms with Crippen LogP contribution in [0.5, 0.6) is 0 Å². The number of hydrogen-bond donors (Lipinski definition) is 1. The maximum Gasteiger partial charge on any atom is 0.229 e. The van der Waals surface area contributed by atoms with Crippen LogP contribution < -0.4 is 10.2 Å². The van der Waals surface area contributed by atoms with Gasteiger partial charge in [0.2, 0.25) is 5.95 Å². The minimum absolute atomic E-state index is 0.528. The van der Waals surface area contributed by atoms with Crippen LogP contribution in [0.15, 0.2) is 30.5 Å². The third kappa shape index (κ3) is 3.62. The van der Waals surface area contributed by atoms with Gasteiger partial charge in [-0.15, -0.1) is 0 Å². The molecule has 6 heteroatoms. The van der Waals surface area contributed by atoms with E-state index in [2.05, 4.69) is 27.1 Å². The molecule has 0 spiro atoms. The number of aromatic nitrogens is 2. The van der Waals surface area contributed by atoms with E-state index < -0.39 is 0 Å². The van der Waals surface area contributed by atoms with Gasteiger partial charge < -0.3 is 10.2 Å². The van der Waals surface area contributed by atoms with Gasteiger partial charge in [-0.1, -0.05) is 30.1 Å². The highest BCUT2D eigenvalue weighted by Gasteiger charge is 2.17. The van der Waals surface area contributed by atoms with Gasteiger partial charge in [0.05, 0.1) is 10.7 Å². The molecule has 22 heavy (non-hydrogen) atoms. The van der Waals surface area contributed by atoms with Gasteiger partial charge in [0.1, 0.15) is 5.82 Å². The molecule has 1 fully saturated rings. The zero-order valence-corrected chi connectivity index (χ0v) is 13.9. The molecule has 0 saturated carbocycles. The lowest BCUT2D eigenvalue weighted by atomic mass is 9.99. The largest absolute Gasteiger partial charge is 0.356 e. The number of benzene rings is 1. The summed E-state index contributed by atoms with van der Waals surface area (Å²) < 4.78 is 0. The summed E-state index contributed by atoms with van der Waals surface area (Å²) in [5, 5.41) is 4.34. The monoisotopic (exact) mass is 336 g/mol. The second kappa shape index (κ2) is 6.71. The molecule has 0 bridgehead atoms. The predicted molar refractivity (Wildman–Crippen MR) is 92.4 cm³/mol. The standard InChI is InChI=1S/C16H18Cl2N4/c1-11-5-8-22(9-6-11)15-4-7-19-16(21-15)20-14-10-12(17)2-3-13(14)18/h2-4,7,10-11H,5-6,8-9H2,1H3,(H,19,20,21). The summed E-state index contributed by atoms with van der Waals surface area (Å²) in [4.78, 5) is 11.2. The molecule has 4 nitrogen and oxygen atoms in total. The number of halogens is 2. The average molecular weight is 337 g/mol. The maximum atomic E-state index is 6.16. The molecular weight excluding hydrogens is 319 g/mol. The smallest absolute Gasteiger partial charge is 0.229 e. The van der Waals surface area contributed by atoms with Crippen molar-refractivity contribution in [3.63, 3.8) is 0 Å². The Morgan fingerprint density at radius 1 is 1.18 bits per heavy atom. The van der Waals surface area contributed by atoms with Crippen LogP contribution in [0.25, 0.3) is 0 Å². The summed E-state index contributed by atoms with van der Waals surface area (Å²) >= 11 is 12.2. The van der Waals surface area contributed by atoms with Gasteiger partial charge in [0.25, 0.3) is 0 Å². The Bertz CT molecular complexity index is 654. The van der Waals surface area contributed by atoms with E-state index in [1.54, 1.807) is 24.4 Å². The molecule has 2 aromatic rings. The van der Waals surface area contributed by atoms with E-state index in [-0.39, 0.29) is 0 Å². The van der Waals surface area contributed by atoms with Gasteiger partial charge in [-0.05, 0) is 43.0 Å². The van der Waals surface area contributed by atoms with Gasteiger partial charge in [0.15, 0.2) is 0 Å². The number of rotatable bonds is 3. The van der Waals surface area contributed by atoms with Gasteiger partial charge in [-0.25, -0.2) is 4.98 Å². The lowest BCUT2D eigenvalue weighted by molar-refractivity contribution is 0.436. The lowest BCUT2D eigenvalue weighted by Crippen LogP contribution is -2.33. The number of anilines is 3. The highest BCUT2D eigenvalue weighted by molar-refractivity contribution is 6.35. The van der Waals surface area contributed by atoms with Crippen LogP contribution >= 0.6 is 23.2 Å². The van der Waals surface area contributed by atoms with E-state index in [0.29, 0.717) is 21.7 Å². The third-order valence-electron chi connectivity index (χ3n) is 3.92. The van der Waals surface area contributed by atoms with E-state index in [9.17, 15) is 0 Å². The molecular formula is C16H18Cl2N4. The quantitative estimate of drug-likeness (QED) is 0.876. The number of piperidine rings is 1. The van der Waals surface area contributed by atoms with Crippen LogP contribution in [-0.4, -0.2) is 23.1 Å². The Kier molecular flexibility index (Phi) is 4.69. The van der Waals surface area contributed by atoms with Crippen molar-refractivity contribution in [3.8, 4) is 0 Å². The van der Waals surface area contributed by atoms with Gasteiger partial charge >= 0.3 is 0 Å². The molecule has 116 valence electrons. The zero-order valence-electron chi connectivity index (χ0n) is 12.4. The average Bonchev–Trinajstić information content (AvgIpc) is 2.52. The van der Waals surface area contributed by atoms with Crippen LogP contribution in [0.3, 0.4) is 0 Å². The van der Waals surface area contributed by atoms with E-state index in [4.69, 9.17) is 23.2 Å². The number of nitrogens with one attached hydrogen (secondary N) is 1. The van der Waals surface area contributed by atoms with E-state index in [1.807, 2.05) is 6.07 Å². The first-order valence-electron chi connectivity index (χ1n) is 7.42. The molecule has 1 aromatic carbocycles. The summed E-state index contributed by atoms with van der Waals surface area (Å²) in [6.07, 6.45) is 4.17. The molecule has 1 aliphatic heterocycles. The second-order valence-electron chi connectivity index (χ2n) is 5.66. The Morgan fingerprint density at radius 3 is 2.73 bits per heavy atom. The summed E-state index contributed by atoms with van der Waals surface area (Å²) in [7, 11) is 0. The van der Waals surface area contributed by atoms with Crippen LogP contribution in [0, 0.1) is 5.92 Å². The molecule has 0 unspecified atom stereocenters. The highest BCUT2D eigenvalue weighted by Crippen LogP contribution is 2.28. The highest BCUT2D eigenvalue weighted by atomic mass is 35.5. The van der Waals surface area contributed by atoms with Crippen LogP contribution in [-0.2, 0) is 0 Å². The van der Waals surface area contributed by atoms with Crippen molar-refractivity contribution < 1.29 is 0 Å². The number of nitrogens with zero attached hydrogens (tertiary/aromatic N) is 3. The van der Waals surface area contributed by atoms with E-state index in [0.717, 1.165) is 24.8 Å². The van der Waals surface area contributed by atoms with Crippen molar-refractivity contribution in [3.05, 3.63) is 40.5 Å². The number of hydrogen-bond acceptors (Lipinski definition) is 4. The maximum absolute atomic E-state index is 6.16. The summed E-state index contributed by atoms with van der Waals surface area (Å²) in [6.45, 7) is 4.37. The van der Waals surface area contributed by atoms with Crippen molar-refractivity contribution in [1.29, 1.82) is 0 Å². The minimum atomic E-state index is 0.528. The lowest BCUT2D eigenvalue weighted by Gasteiger charge is -2.31. The summed E-state index contributed by atoms with van der Waals surface area (Å²) in [5.74, 6) is 2.27. The fourth-order valence-corrected chi connectivity index (χ4v) is 2.87. The molecule has 2 heterocycles. The van der Waals surface area contributed by atoms with Crippen molar-refractivity contribution >= 4 is 40.7 Å². The van der Waals surface area contributed by atoms with Crippen molar-refractivity contribution in [2.75, 3.05) is 23.3 Å². The fraction of sp³-hybridized carbons (Fsp3) is 0.375. The van der Waals surface area contributed by atoms with Gasteiger partial charge in [-0.3, -0.25) is 0 Å².